The third-order valence-electron chi connectivity index (χ3n) is 5.78. The normalized spacial score (nSPS) is 11.9. The third-order valence-corrected chi connectivity index (χ3v) is 6.28. The summed E-state index contributed by atoms with van der Waals surface area (Å²) in [5, 5.41) is 5.14. The van der Waals surface area contributed by atoms with Crippen molar-refractivity contribution >= 4 is 38.7 Å². The number of aryl methyl sites for hydroxylation is 1. The van der Waals surface area contributed by atoms with Crippen LogP contribution in [-0.4, -0.2) is 30.0 Å². The van der Waals surface area contributed by atoms with Crippen LogP contribution in [0, 0.1) is 6.92 Å². The predicted octanol–water partition coefficient (Wildman–Crippen LogP) is 6.29. The molecule has 0 N–H and O–H groups in total. The number of benzene rings is 3. The number of aromatic nitrogens is 2. The standard InChI is InChI=1S/C29H31BrN4O2/c1-19-8-7-9-20(14-19)18-36-26-16-23(33(5)6)12-10-21(26)17-31-34-27(35)24-15-22(30)11-13-25(24)32-28(34)29(2,3)4/h7-17H,18H2,1-6H3. The van der Waals surface area contributed by atoms with Crippen molar-refractivity contribution in [2.45, 2.75) is 39.7 Å². The summed E-state index contributed by atoms with van der Waals surface area (Å²) >= 11 is 3.46. The molecule has 0 radical (unpaired) electrons. The molecule has 0 saturated carbocycles. The first-order valence-corrected chi connectivity index (χ1v) is 12.6. The molecule has 0 saturated heterocycles. The van der Waals surface area contributed by atoms with Gasteiger partial charge in [0.2, 0.25) is 0 Å². The summed E-state index contributed by atoms with van der Waals surface area (Å²) in [7, 11) is 3.98. The van der Waals surface area contributed by atoms with Crippen molar-refractivity contribution in [3.63, 3.8) is 0 Å². The molecule has 0 aliphatic rings. The van der Waals surface area contributed by atoms with Crippen LogP contribution in [0.25, 0.3) is 10.9 Å². The Morgan fingerprint density at radius 1 is 1.08 bits per heavy atom. The number of halogens is 1. The van der Waals surface area contributed by atoms with Gasteiger partial charge in [0.15, 0.2) is 0 Å². The molecule has 1 aromatic heterocycles. The number of ether oxygens (including phenoxy) is 1. The lowest BCUT2D eigenvalue weighted by molar-refractivity contribution is 0.306. The second-order valence-electron chi connectivity index (χ2n) is 10.1. The van der Waals surface area contributed by atoms with Crippen LogP contribution >= 0.6 is 15.9 Å². The summed E-state index contributed by atoms with van der Waals surface area (Å²) in [6, 6.07) is 19.7. The van der Waals surface area contributed by atoms with Gasteiger partial charge in [-0.05, 0) is 42.8 Å². The van der Waals surface area contributed by atoms with Crippen molar-refractivity contribution in [3.05, 3.63) is 98.0 Å². The summed E-state index contributed by atoms with van der Waals surface area (Å²) < 4.78 is 8.46. The first kappa shape index (κ1) is 25.6. The van der Waals surface area contributed by atoms with Gasteiger partial charge in [-0.1, -0.05) is 66.5 Å². The van der Waals surface area contributed by atoms with Crippen LogP contribution < -0.4 is 15.2 Å². The molecule has 4 rings (SSSR count). The van der Waals surface area contributed by atoms with Gasteiger partial charge in [-0.3, -0.25) is 4.79 Å². The Morgan fingerprint density at radius 3 is 2.56 bits per heavy atom. The van der Waals surface area contributed by atoms with Crippen molar-refractivity contribution in [2.75, 3.05) is 19.0 Å². The van der Waals surface area contributed by atoms with E-state index in [-0.39, 0.29) is 5.56 Å². The Balaban J connectivity index is 1.78. The number of nitrogens with zero attached hydrogens (tertiary/aromatic N) is 4. The zero-order valence-electron chi connectivity index (χ0n) is 21.5. The van der Waals surface area contributed by atoms with Gasteiger partial charge < -0.3 is 9.64 Å². The van der Waals surface area contributed by atoms with Crippen molar-refractivity contribution < 1.29 is 4.74 Å². The van der Waals surface area contributed by atoms with Gasteiger partial charge in [-0.15, -0.1) is 0 Å². The molecule has 0 atom stereocenters. The summed E-state index contributed by atoms with van der Waals surface area (Å²) in [6.07, 6.45) is 1.67. The van der Waals surface area contributed by atoms with Gasteiger partial charge in [-0.25, -0.2) is 4.98 Å². The Bertz CT molecular complexity index is 1500. The maximum atomic E-state index is 13.5. The van der Waals surface area contributed by atoms with E-state index in [1.807, 2.05) is 82.2 Å². The van der Waals surface area contributed by atoms with E-state index >= 15 is 0 Å². The zero-order chi connectivity index (χ0) is 26.0. The van der Waals surface area contributed by atoms with Crippen molar-refractivity contribution in [1.82, 2.24) is 9.66 Å². The lowest BCUT2D eigenvalue weighted by Gasteiger charge is -2.21. The summed E-state index contributed by atoms with van der Waals surface area (Å²) in [4.78, 5) is 20.3. The molecular formula is C29H31BrN4O2. The average molecular weight is 547 g/mol. The molecule has 3 aromatic carbocycles. The van der Waals surface area contributed by atoms with E-state index in [1.54, 1.807) is 12.3 Å². The molecule has 36 heavy (non-hydrogen) atoms. The van der Waals surface area contributed by atoms with Gasteiger partial charge >= 0.3 is 0 Å². The van der Waals surface area contributed by atoms with Crippen LogP contribution in [0.1, 0.15) is 43.3 Å². The fourth-order valence-corrected chi connectivity index (χ4v) is 4.22. The quantitative estimate of drug-likeness (QED) is 0.266. The molecule has 0 aliphatic heterocycles. The van der Waals surface area contributed by atoms with E-state index in [0.29, 0.717) is 29.1 Å². The number of rotatable bonds is 6. The molecule has 0 fully saturated rings. The summed E-state index contributed by atoms with van der Waals surface area (Å²) in [5.74, 6) is 1.28. The maximum absolute atomic E-state index is 13.5. The minimum absolute atomic E-state index is 0.213. The molecule has 186 valence electrons. The SMILES string of the molecule is Cc1cccc(COc2cc(N(C)C)ccc2C=Nn2c(C(C)(C)C)nc3ccc(Br)cc3c2=O)c1. The first-order chi connectivity index (χ1) is 17.0. The Hall–Kier alpha value is -3.45. The van der Waals surface area contributed by atoms with E-state index < -0.39 is 5.41 Å². The smallest absolute Gasteiger partial charge is 0.282 e. The van der Waals surface area contributed by atoms with Crippen LogP contribution in [0.2, 0.25) is 0 Å². The lowest BCUT2D eigenvalue weighted by Crippen LogP contribution is -2.29. The second kappa shape index (κ2) is 10.3. The van der Waals surface area contributed by atoms with Crippen molar-refractivity contribution in [2.24, 2.45) is 5.10 Å². The fourth-order valence-electron chi connectivity index (χ4n) is 3.86. The first-order valence-electron chi connectivity index (χ1n) is 11.8. The predicted molar refractivity (Wildman–Crippen MR) is 152 cm³/mol. The molecule has 1 heterocycles. The van der Waals surface area contributed by atoms with E-state index in [1.165, 1.54) is 10.2 Å². The number of hydrogen-bond donors (Lipinski definition) is 0. The number of anilines is 1. The highest BCUT2D eigenvalue weighted by Gasteiger charge is 2.23. The Kier molecular flexibility index (Phi) is 7.31. The molecule has 4 aromatic rings. The Morgan fingerprint density at radius 2 is 1.86 bits per heavy atom. The van der Waals surface area contributed by atoms with Crippen molar-refractivity contribution in [1.29, 1.82) is 0 Å². The highest BCUT2D eigenvalue weighted by Crippen LogP contribution is 2.26. The third kappa shape index (κ3) is 5.68. The molecule has 0 bridgehead atoms. The molecule has 0 spiro atoms. The maximum Gasteiger partial charge on any atom is 0.282 e. The number of fused-ring (bicyclic) bond motifs is 1. The van der Waals surface area contributed by atoms with E-state index in [2.05, 4.69) is 40.1 Å². The lowest BCUT2D eigenvalue weighted by atomic mass is 9.95. The molecular weight excluding hydrogens is 516 g/mol. The van der Waals surface area contributed by atoms with Crippen LogP contribution in [0.3, 0.4) is 0 Å². The highest BCUT2D eigenvalue weighted by atomic mass is 79.9. The highest BCUT2D eigenvalue weighted by molar-refractivity contribution is 9.10. The topological polar surface area (TPSA) is 59.7 Å². The van der Waals surface area contributed by atoms with E-state index in [4.69, 9.17) is 9.72 Å². The van der Waals surface area contributed by atoms with Gasteiger partial charge in [-0.2, -0.15) is 9.78 Å². The zero-order valence-corrected chi connectivity index (χ0v) is 23.1. The summed E-state index contributed by atoms with van der Waals surface area (Å²) in [6.45, 7) is 8.56. The van der Waals surface area contributed by atoms with Gasteiger partial charge in [0.1, 0.15) is 18.2 Å². The Labute approximate surface area is 220 Å². The minimum Gasteiger partial charge on any atom is -0.488 e. The van der Waals surface area contributed by atoms with Crippen LogP contribution in [0.15, 0.2) is 75.0 Å². The molecule has 0 unspecified atom stereocenters. The van der Waals surface area contributed by atoms with Crippen molar-refractivity contribution in [3.8, 4) is 5.75 Å². The molecule has 0 amide bonds. The number of hydrogen-bond acceptors (Lipinski definition) is 5. The second-order valence-corrected chi connectivity index (χ2v) is 11.0. The minimum atomic E-state index is -0.392. The average Bonchev–Trinajstić information content (AvgIpc) is 2.82. The van der Waals surface area contributed by atoms with Crippen LogP contribution in [0.4, 0.5) is 5.69 Å². The van der Waals surface area contributed by atoms with Gasteiger partial charge in [0.25, 0.3) is 5.56 Å². The molecule has 6 nitrogen and oxygen atoms in total. The molecule has 7 heteroatoms. The van der Waals surface area contributed by atoms with Gasteiger partial charge in [0, 0.05) is 41.3 Å². The van der Waals surface area contributed by atoms with Crippen LogP contribution in [-0.2, 0) is 12.0 Å². The van der Waals surface area contributed by atoms with Gasteiger partial charge in [0.05, 0.1) is 17.1 Å². The molecule has 0 aliphatic carbocycles. The van der Waals surface area contributed by atoms with E-state index in [0.717, 1.165) is 21.3 Å². The monoisotopic (exact) mass is 546 g/mol. The summed E-state index contributed by atoms with van der Waals surface area (Å²) in [5.41, 5.74) is 4.10. The van der Waals surface area contributed by atoms with E-state index in [9.17, 15) is 4.79 Å². The largest absolute Gasteiger partial charge is 0.488 e. The van der Waals surface area contributed by atoms with Crippen LogP contribution in [0.5, 0.6) is 5.75 Å². The fraction of sp³-hybridized carbons (Fsp3) is 0.276.